The topological polar surface area (TPSA) is 108 Å². The second-order valence-corrected chi connectivity index (χ2v) is 8.13. The minimum absolute atomic E-state index is 0.222. The van der Waals surface area contributed by atoms with E-state index in [9.17, 15) is 21.6 Å². The van der Waals surface area contributed by atoms with Crippen LogP contribution in [0.1, 0.15) is 0 Å². The highest BCUT2D eigenvalue weighted by molar-refractivity contribution is 7.92. The summed E-state index contributed by atoms with van der Waals surface area (Å²) >= 11 is 0. The first-order valence-electron chi connectivity index (χ1n) is 9.17. The van der Waals surface area contributed by atoms with Crippen LogP contribution >= 0.6 is 0 Å². The van der Waals surface area contributed by atoms with Crippen molar-refractivity contribution in [2.24, 2.45) is 0 Å². The van der Waals surface area contributed by atoms with Gasteiger partial charge in [0.05, 0.1) is 4.90 Å². The Morgan fingerprint density at radius 2 is 1.58 bits per heavy atom. The molecule has 0 aliphatic heterocycles. The minimum Gasteiger partial charge on any atom is -0.438 e. The number of anilines is 1. The molecule has 0 aliphatic rings. The summed E-state index contributed by atoms with van der Waals surface area (Å²) < 4.78 is 75.0. The second kappa shape index (κ2) is 8.78. The van der Waals surface area contributed by atoms with Crippen LogP contribution < -0.4 is 14.2 Å². The third-order valence-corrected chi connectivity index (χ3v) is 5.49. The fourth-order valence-electron chi connectivity index (χ4n) is 2.65. The van der Waals surface area contributed by atoms with E-state index in [1.165, 1.54) is 24.3 Å². The van der Waals surface area contributed by atoms with E-state index in [-0.39, 0.29) is 16.5 Å². The zero-order valence-corrected chi connectivity index (χ0v) is 17.3. The second-order valence-electron chi connectivity index (χ2n) is 6.45. The summed E-state index contributed by atoms with van der Waals surface area (Å²) in [5, 5.41) is 8.00. The van der Waals surface area contributed by atoms with Crippen molar-refractivity contribution >= 4 is 15.7 Å². The van der Waals surface area contributed by atoms with Crippen LogP contribution in [0.4, 0.5) is 18.9 Å². The lowest BCUT2D eigenvalue weighted by atomic mass is 10.3. The summed E-state index contributed by atoms with van der Waals surface area (Å²) in [7, 11) is -4.03. The van der Waals surface area contributed by atoms with Crippen molar-refractivity contribution in [2.75, 3.05) is 4.72 Å². The Hall–Kier alpha value is -4.13. The zero-order chi connectivity index (χ0) is 23.5. The number of rotatable bonds is 7. The highest BCUT2D eigenvalue weighted by Crippen LogP contribution is 2.26. The summed E-state index contributed by atoms with van der Waals surface area (Å²) in [4.78, 5) is 3.70. The number of nitrogens with one attached hydrogen (secondary N) is 1. The lowest BCUT2D eigenvalue weighted by Gasteiger charge is -2.11. The molecule has 0 saturated heterocycles. The Morgan fingerprint density at radius 1 is 0.879 bits per heavy atom. The molecule has 4 rings (SSSR count). The first-order valence-corrected chi connectivity index (χ1v) is 10.6. The van der Waals surface area contributed by atoms with Crippen molar-refractivity contribution in [3.05, 3.63) is 79.4 Å². The fraction of sp³-hybridized carbons (Fsp3) is 0.0500. The van der Waals surface area contributed by atoms with Crippen LogP contribution in [-0.4, -0.2) is 34.5 Å². The molecule has 2 heterocycles. The van der Waals surface area contributed by atoms with E-state index in [0.717, 1.165) is 24.3 Å². The molecule has 1 N–H and O–H groups in total. The van der Waals surface area contributed by atoms with E-state index in [4.69, 9.17) is 4.74 Å². The third kappa shape index (κ3) is 5.77. The van der Waals surface area contributed by atoms with Gasteiger partial charge in [0.25, 0.3) is 10.0 Å². The molecule has 0 fully saturated rings. The van der Waals surface area contributed by atoms with E-state index < -0.39 is 22.1 Å². The summed E-state index contributed by atoms with van der Waals surface area (Å²) in [5.74, 6) is 0.649. The quantitative estimate of drug-likeness (QED) is 0.426. The van der Waals surface area contributed by atoms with E-state index >= 15 is 0 Å². The van der Waals surface area contributed by atoms with Crippen molar-refractivity contribution in [1.29, 1.82) is 0 Å². The zero-order valence-electron chi connectivity index (χ0n) is 16.5. The lowest BCUT2D eigenvalue weighted by molar-refractivity contribution is -0.274. The average molecular weight is 477 g/mol. The van der Waals surface area contributed by atoms with Gasteiger partial charge in [-0.05, 0) is 54.6 Å². The molecule has 0 unspecified atom stereocenters. The van der Waals surface area contributed by atoms with Gasteiger partial charge < -0.3 is 9.47 Å². The molecule has 2 aromatic heterocycles. The van der Waals surface area contributed by atoms with Crippen LogP contribution in [0, 0.1) is 0 Å². The highest BCUT2D eigenvalue weighted by atomic mass is 32.2. The van der Waals surface area contributed by atoms with E-state index in [1.807, 2.05) is 0 Å². The van der Waals surface area contributed by atoms with Crippen LogP contribution in [0.3, 0.4) is 0 Å². The molecule has 33 heavy (non-hydrogen) atoms. The van der Waals surface area contributed by atoms with Crippen molar-refractivity contribution in [3.8, 4) is 23.2 Å². The van der Waals surface area contributed by atoms with E-state index in [1.54, 1.807) is 35.4 Å². The molecule has 0 saturated carbocycles. The molecule has 13 heteroatoms. The molecule has 4 aromatic rings. The third-order valence-electron chi connectivity index (χ3n) is 4.09. The first kappa shape index (κ1) is 22.1. The number of imidazole rings is 1. The molecule has 9 nitrogen and oxygen atoms in total. The van der Waals surface area contributed by atoms with Gasteiger partial charge in [-0.1, -0.05) is 0 Å². The molecule has 170 valence electrons. The number of alkyl halides is 3. The van der Waals surface area contributed by atoms with Crippen molar-refractivity contribution in [1.82, 2.24) is 19.7 Å². The summed E-state index contributed by atoms with van der Waals surface area (Å²) in [6.45, 7) is 0. The molecule has 0 atom stereocenters. The number of nitrogens with zero attached hydrogens (tertiary/aromatic N) is 4. The van der Waals surface area contributed by atoms with Crippen LogP contribution in [0.5, 0.6) is 17.4 Å². The first-order chi connectivity index (χ1) is 15.7. The Labute approximate surface area is 185 Å². The maximum absolute atomic E-state index is 12.5. The van der Waals surface area contributed by atoms with Gasteiger partial charge in [0.2, 0.25) is 5.88 Å². The monoisotopic (exact) mass is 477 g/mol. The van der Waals surface area contributed by atoms with Gasteiger partial charge >= 0.3 is 6.36 Å². The van der Waals surface area contributed by atoms with Gasteiger partial charge in [-0.3, -0.25) is 9.29 Å². The van der Waals surface area contributed by atoms with Gasteiger partial charge in [-0.2, -0.15) is 0 Å². The van der Waals surface area contributed by atoms with Gasteiger partial charge in [-0.25, -0.2) is 13.4 Å². The maximum Gasteiger partial charge on any atom is 0.573 e. The summed E-state index contributed by atoms with van der Waals surface area (Å²) in [6.07, 6.45) is 0.0411. The van der Waals surface area contributed by atoms with Gasteiger partial charge in [0.1, 0.15) is 17.8 Å². The molecule has 0 aliphatic carbocycles. The Kier molecular flexibility index (Phi) is 5.87. The largest absolute Gasteiger partial charge is 0.573 e. The number of hydrogen-bond acceptors (Lipinski definition) is 7. The predicted molar refractivity (Wildman–Crippen MR) is 110 cm³/mol. The number of hydrogen-bond donors (Lipinski definition) is 1. The minimum atomic E-state index is -4.86. The van der Waals surface area contributed by atoms with Crippen LogP contribution in [0.15, 0.2) is 84.3 Å². The van der Waals surface area contributed by atoms with Crippen molar-refractivity contribution < 1.29 is 31.1 Å². The molecule has 0 bridgehead atoms. The molecular weight excluding hydrogens is 463 g/mol. The normalized spacial score (nSPS) is 11.7. The summed E-state index contributed by atoms with van der Waals surface area (Å²) in [6, 6.07) is 13.1. The number of benzene rings is 2. The van der Waals surface area contributed by atoms with Crippen molar-refractivity contribution in [2.45, 2.75) is 11.3 Å². The molecular formula is C20H14F3N5O4S. The van der Waals surface area contributed by atoms with Gasteiger partial charge in [-0.15, -0.1) is 23.4 Å². The summed E-state index contributed by atoms with van der Waals surface area (Å²) in [5.41, 5.74) is 0.222. The lowest BCUT2D eigenvalue weighted by Crippen LogP contribution is -2.17. The SMILES string of the molecule is O=S(=O)(Nc1ccc(Oc2ccc(-n3ccnc3)nn2)cc1)c1ccc(OC(F)(F)F)cc1. The average Bonchev–Trinajstić information content (AvgIpc) is 3.30. The smallest absolute Gasteiger partial charge is 0.438 e. The Balaban J connectivity index is 1.39. The predicted octanol–water partition coefficient (Wildman–Crippen LogP) is 4.15. The van der Waals surface area contributed by atoms with E-state index in [2.05, 4.69) is 24.6 Å². The van der Waals surface area contributed by atoms with E-state index in [0.29, 0.717) is 11.6 Å². The van der Waals surface area contributed by atoms with Gasteiger partial charge in [0.15, 0.2) is 5.82 Å². The van der Waals surface area contributed by atoms with Crippen LogP contribution in [0.25, 0.3) is 5.82 Å². The van der Waals surface area contributed by atoms with Crippen LogP contribution in [-0.2, 0) is 10.0 Å². The molecule has 2 aromatic carbocycles. The standard InChI is InChI=1S/C20H14F3N5O4S/c21-20(22,23)32-16-5-7-17(8-6-16)33(29,30)27-14-1-3-15(4-2-14)31-19-10-9-18(25-26-19)28-12-11-24-13-28/h1-13,27H. The number of sulfonamides is 1. The highest BCUT2D eigenvalue weighted by Gasteiger charge is 2.31. The maximum atomic E-state index is 12.5. The molecule has 0 radical (unpaired) electrons. The fourth-order valence-corrected chi connectivity index (χ4v) is 3.70. The molecule has 0 amide bonds. The molecule has 0 spiro atoms. The number of aromatic nitrogens is 4. The Bertz CT molecular complexity index is 1310. The Morgan fingerprint density at radius 3 is 2.15 bits per heavy atom. The van der Waals surface area contributed by atoms with Crippen molar-refractivity contribution in [3.63, 3.8) is 0 Å². The van der Waals surface area contributed by atoms with Crippen LogP contribution in [0.2, 0.25) is 0 Å². The van der Waals surface area contributed by atoms with Gasteiger partial charge in [0, 0.05) is 24.1 Å². The number of halogens is 3. The number of ether oxygens (including phenoxy) is 2.